The third kappa shape index (κ3) is 3.46. The number of nitrogens with two attached hydrogens (primary N) is 1. The van der Waals surface area contributed by atoms with Crippen molar-refractivity contribution in [2.24, 2.45) is 0 Å². The standard InChI is InChI=1S/C21H24N4O3/c1-12-3-4-14-5-6-15(9-17(14)24-12)27-11-19-18(26)10-20(28-19)25-8-7-16(13(2)22)21(25)23/h3-9,18-20,22,26H,10-11,23H2,1-2H3/t18-,19+,20+/m0/s1. The number of hydrogen-bond donors (Lipinski definition) is 3. The summed E-state index contributed by atoms with van der Waals surface area (Å²) in [4.78, 5) is 4.51. The Hall–Kier alpha value is -2.90. The summed E-state index contributed by atoms with van der Waals surface area (Å²) < 4.78 is 13.6. The first-order valence-corrected chi connectivity index (χ1v) is 9.28. The number of hydrogen-bond acceptors (Lipinski definition) is 6. The normalized spacial score (nSPS) is 21.9. The third-order valence-electron chi connectivity index (χ3n) is 5.09. The molecule has 7 nitrogen and oxygen atoms in total. The van der Waals surface area contributed by atoms with Gasteiger partial charge in [-0.1, -0.05) is 6.07 Å². The van der Waals surface area contributed by atoms with E-state index in [1.54, 1.807) is 23.8 Å². The van der Waals surface area contributed by atoms with Crippen LogP contribution in [-0.4, -0.2) is 39.2 Å². The number of aliphatic hydroxyl groups excluding tert-OH is 1. The van der Waals surface area contributed by atoms with Crippen molar-refractivity contribution >= 4 is 22.4 Å². The van der Waals surface area contributed by atoms with Gasteiger partial charge in [-0.05, 0) is 38.1 Å². The molecule has 0 bridgehead atoms. The van der Waals surface area contributed by atoms with E-state index < -0.39 is 12.2 Å². The van der Waals surface area contributed by atoms with E-state index >= 15 is 0 Å². The highest BCUT2D eigenvalue weighted by molar-refractivity contribution is 6.00. The van der Waals surface area contributed by atoms with E-state index in [4.69, 9.17) is 20.6 Å². The monoisotopic (exact) mass is 380 g/mol. The van der Waals surface area contributed by atoms with Gasteiger partial charge in [0.15, 0.2) is 0 Å². The first-order valence-electron chi connectivity index (χ1n) is 9.28. The SMILES string of the molecule is CC(=N)c1ccn([C@H]2C[C@H](O)[C@@H](COc3ccc4ccc(C)nc4c3)O2)c1N. The number of nitrogen functional groups attached to an aromatic ring is 1. The Morgan fingerprint density at radius 1 is 1.36 bits per heavy atom. The molecule has 3 aromatic rings. The summed E-state index contributed by atoms with van der Waals surface area (Å²) in [6, 6.07) is 11.5. The first kappa shape index (κ1) is 18.5. The highest BCUT2D eigenvalue weighted by Gasteiger charge is 2.36. The highest BCUT2D eigenvalue weighted by Crippen LogP contribution is 2.32. The quantitative estimate of drug-likeness (QED) is 0.590. The Kier molecular flexibility index (Phi) is 4.78. The summed E-state index contributed by atoms with van der Waals surface area (Å²) in [6.07, 6.45) is 0.718. The zero-order valence-corrected chi connectivity index (χ0v) is 15.9. The van der Waals surface area contributed by atoms with Crippen molar-refractivity contribution in [3.8, 4) is 5.75 Å². The molecule has 28 heavy (non-hydrogen) atoms. The number of aromatic nitrogens is 2. The summed E-state index contributed by atoms with van der Waals surface area (Å²) in [6.45, 7) is 3.87. The van der Waals surface area contributed by atoms with Crippen molar-refractivity contribution in [2.45, 2.75) is 38.7 Å². The molecule has 0 radical (unpaired) electrons. The molecule has 1 aromatic carbocycles. The molecule has 1 fully saturated rings. The van der Waals surface area contributed by atoms with Crippen molar-refractivity contribution in [1.82, 2.24) is 9.55 Å². The number of rotatable bonds is 5. The second kappa shape index (κ2) is 7.26. The van der Waals surface area contributed by atoms with Crippen molar-refractivity contribution in [3.05, 3.63) is 53.9 Å². The van der Waals surface area contributed by atoms with E-state index in [2.05, 4.69) is 4.98 Å². The molecule has 146 valence electrons. The lowest BCUT2D eigenvalue weighted by molar-refractivity contribution is -0.0384. The number of nitrogens with one attached hydrogen (secondary N) is 1. The molecule has 0 unspecified atom stereocenters. The van der Waals surface area contributed by atoms with Gasteiger partial charge >= 0.3 is 0 Å². The van der Waals surface area contributed by atoms with Gasteiger partial charge in [0, 0.05) is 41.0 Å². The maximum absolute atomic E-state index is 10.4. The number of fused-ring (bicyclic) bond motifs is 1. The number of nitrogens with zero attached hydrogens (tertiary/aromatic N) is 2. The van der Waals surface area contributed by atoms with E-state index in [1.165, 1.54) is 0 Å². The van der Waals surface area contributed by atoms with Gasteiger partial charge in [-0.15, -0.1) is 0 Å². The molecule has 3 heterocycles. The maximum Gasteiger partial charge on any atom is 0.138 e. The number of aliphatic hydroxyl groups is 1. The minimum Gasteiger partial charge on any atom is -0.491 e. The molecule has 0 saturated carbocycles. The third-order valence-corrected chi connectivity index (χ3v) is 5.09. The number of anilines is 1. The van der Waals surface area contributed by atoms with Crippen LogP contribution >= 0.6 is 0 Å². The Morgan fingerprint density at radius 3 is 2.89 bits per heavy atom. The zero-order chi connectivity index (χ0) is 19.8. The van der Waals surface area contributed by atoms with Crippen molar-refractivity contribution in [1.29, 1.82) is 5.41 Å². The minimum atomic E-state index is -0.655. The largest absolute Gasteiger partial charge is 0.491 e. The predicted molar refractivity (Wildman–Crippen MR) is 108 cm³/mol. The second-order valence-electron chi connectivity index (χ2n) is 7.20. The summed E-state index contributed by atoms with van der Waals surface area (Å²) in [5, 5.41) is 19.2. The van der Waals surface area contributed by atoms with Gasteiger partial charge in [-0.2, -0.15) is 0 Å². The van der Waals surface area contributed by atoms with Crippen LogP contribution in [0.5, 0.6) is 5.75 Å². The summed E-state index contributed by atoms with van der Waals surface area (Å²) >= 11 is 0. The average molecular weight is 380 g/mol. The number of benzene rings is 1. The van der Waals surface area contributed by atoms with Crippen LogP contribution in [0.4, 0.5) is 5.82 Å². The van der Waals surface area contributed by atoms with Crippen LogP contribution in [0.1, 0.15) is 30.8 Å². The first-order chi connectivity index (χ1) is 13.4. The van der Waals surface area contributed by atoms with E-state index in [9.17, 15) is 5.11 Å². The van der Waals surface area contributed by atoms with Gasteiger partial charge < -0.3 is 30.3 Å². The van der Waals surface area contributed by atoms with E-state index in [1.807, 2.05) is 37.3 Å². The molecule has 4 N–H and O–H groups in total. The van der Waals surface area contributed by atoms with Crippen LogP contribution in [0.25, 0.3) is 10.9 Å². The fourth-order valence-electron chi connectivity index (χ4n) is 3.53. The van der Waals surface area contributed by atoms with E-state index in [-0.39, 0.29) is 12.8 Å². The second-order valence-corrected chi connectivity index (χ2v) is 7.20. The number of ether oxygens (including phenoxy) is 2. The molecule has 0 aliphatic carbocycles. The fourth-order valence-corrected chi connectivity index (χ4v) is 3.53. The Bertz CT molecular complexity index is 1030. The van der Waals surface area contributed by atoms with E-state index in [0.717, 1.165) is 16.6 Å². The Labute approximate surface area is 163 Å². The smallest absolute Gasteiger partial charge is 0.138 e. The van der Waals surface area contributed by atoms with Gasteiger partial charge in [-0.3, -0.25) is 4.98 Å². The molecule has 2 aromatic heterocycles. The van der Waals surface area contributed by atoms with Crippen LogP contribution in [-0.2, 0) is 4.74 Å². The Morgan fingerprint density at radius 2 is 2.14 bits per heavy atom. The Balaban J connectivity index is 1.44. The fraction of sp³-hybridized carbons (Fsp3) is 0.333. The minimum absolute atomic E-state index is 0.229. The zero-order valence-electron chi connectivity index (χ0n) is 15.9. The number of pyridine rings is 1. The van der Waals surface area contributed by atoms with Crippen molar-refractivity contribution < 1.29 is 14.6 Å². The molecule has 3 atom stereocenters. The topological polar surface area (TPSA) is 106 Å². The van der Waals surface area contributed by atoms with Crippen LogP contribution in [0.3, 0.4) is 0 Å². The molecular weight excluding hydrogens is 356 g/mol. The summed E-state index contributed by atoms with van der Waals surface area (Å²) in [5.74, 6) is 1.16. The lowest BCUT2D eigenvalue weighted by atomic mass is 10.2. The molecular formula is C21H24N4O3. The average Bonchev–Trinajstić information content (AvgIpc) is 3.22. The van der Waals surface area contributed by atoms with Gasteiger partial charge in [0.05, 0.1) is 11.6 Å². The van der Waals surface area contributed by atoms with Gasteiger partial charge in [0.1, 0.15) is 30.5 Å². The van der Waals surface area contributed by atoms with E-state index in [0.29, 0.717) is 29.3 Å². The highest BCUT2D eigenvalue weighted by atomic mass is 16.6. The van der Waals surface area contributed by atoms with Gasteiger partial charge in [0.2, 0.25) is 0 Å². The summed E-state index contributed by atoms with van der Waals surface area (Å²) in [7, 11) is 0. The van der Waals surface area contributed by atoms with Crippen molar-refractivity contribution in [3.63, 3.8) is 0 Å². The predicted octanol–water partition coefficient (Wildman–Crippen LogP) is 3.04. The van der Waals surface area contributed by atoms with Crippen LogP contribution in [0.15, 0.2) is 42.6 Å². The van der Waals surface area contributed by atoms with Gasteiger partial charge in [-0.25, -0.2) is 0 Å². The molecule has 1 saturated heterocycles. The number of aryl methyl sites for hydroxylation is 1. The lowest BCUT2D eigenvalue weighted by Gasteiger charge is -2.17. The molecule has 7 heteroatoms. The van der Waals surface area contributed by atoms with Crippen LogP contribution < -0.4 is 10.5 Å². The maximum atomic E-state index is 10.4. The van der Waals surface area contributed by atoms with Crippen LogP contribution in [0, 0.1) is 12.3 Å². The molecule has 1 aliphatic rings. The lowest BCUT2D eigenvalue weighted by Crippen LogP contribution is -2.28. The van der Waals surface area contributed by atoms with Gasteiger partial charge in [0.25, 0.3) is 0 Å². The van der Waals surface area contributed by atoms with Crippen LogP contribution in [0.2, 0.25) is 0 Å². The van der Waals surface area contributed by atoms with Crippen molar-refractivity contribution in [2.75, 3.05) is 12.3 Å². The summed E-state index contributed by atoms with van der Waals surface area (Å²) in [5.41, 5.74) is 9.03. The molecule has 0 spiro atoms. The molecule has 0 amide bonds. The molecule has 4 rings (SSSR count). The molecule has 1 aliphatic heterocycles.